The average molecular weight is 616 g/mol. The third kappa shape index (κ3) is 6.59. The number of hydrogen-bond donors (Lipinski definition) is 0. The first-order valence-electron chi connectivity index (χ1n) is 15.5. The molecule has 0 spiro atoms. The highest BCUT2D eigenvalue weighted by Gasteiger charge is 2.45. The molecule has 7 nitrogen and oxygen atoms in total. The zero-order valence-corrected chi connectivity index (χ0v) is 26.3. The van der Waals surface area contributed by atoms with Crippen molar-refractivity contribution in [3.63, 3.8) is 0 Å². The summed E-state index contributed by atoms with van der Waals surface area (Å²) in [6.45, 7) is 2.39. The summed E-state index contributed by atoms with van der Waals surface area (Å²) in [6, 6.07) is 33.0. The van der Waals surface area contributed by atoms with Crippen LogP contribution in [0, 0.1) is 5.92 Å². The lowest BCUT2D eigenvalue weighted by molar-refractivity contribution is -0.148. The highest BCUT2D eigenvalue weighted by atomic mass is 16.5. The molecule has 0 radical (unpaired) electrons. The van der Waals surface area contributed by atoms with Gasteiger partial charge >= 0.3 is 5.97 Å². The average Bonchev–Trinajstić information content (AvgIpc) is 3.09. The summed E-state index contributed by atoms with van der Waals surface area (Å²) in [5, 5.41) is 0. The Balaban J connectivity index is 1.35. The fraction of sp³-hybridized carbons (Fsp3) is 0.256. The Labute approximate surface area is 269 Å². The van der Waals surface area contributed by atoms with Gasteiger partial charge in [-0.15, -0.1) is 0 Å². The zero-order valence-electron chi connectivity index (χ0n) is 26.3. The van der Waals surface area contributed by atoms with Gasteiger partial charge in [-0.05, 0) is 65.8 Å². The summed E-state index contributed by atoms with van der Waals surface area (Å²) in [6.07, 6.45) is 0.843. The molecule has 1 aliphatic heterocycles. The molecule has 1 unspecified atom stereocenters. The van der Waals surface area contributed by atoms with Gasteiger partial charge in [0.05, 0.1) is 14.2 Å². The number of allylic oxidation sites excluding steroid dienone is 2. The van der Waals surface area contributed by atoms with E-state index < -0.39 is 17.8 Å². The molecule has 4 aromatic rings. The van der Waals surface area contributed by atoms with Crippen molar-refractivity contribution in [3.05, 3.63) is 137 Å². The quantitative estimate of drug-likeness (QED) is 0.171. The molecule has 2 aliphatic rings. The molecule has 0 amide bonds. The van der Waals surface area contributed by atoms with Crippen LogP contribution in [0.2, 0.25) is 0 Å². The Bertz CT molecular complexity index is 1780. The van der Waals surface area contributed by atoms with Crippen molar-refractivity contribution in [3.8, 4) is 17.2 Å². The van der Waals surface area contributed by atoms with Crippen LogP contribution in [0.25, 0.3) is 0 Å². The van der Waals surface area contributed by atoms with Crippen LogP contribution in [0.3, 0.4) is 0 Å². The third-order valence-corrected chi connectivity index (χ3v) is 8.71. The number of carbonyl (C=O) groups is 2. The molecule has 1 aliphatic carbocycles. The zero-order chi connectivity index (χ0) is 32.0. The third-order valence-electron chi connectivity index (χ3n) is 8.71. The number of aliphatic imine (C=N–C) groups is 1. The number of esters is 1. The van der Waals surface area contributed by atoms with Crippen molar-refractivity contribution in [2.75, 3.05) is 14.2 Å². The summed E-state index contributed by atoms with van der Waals surface area (Å²) in [4.78, 5) is 32.9. The van der Waals surface area contributed by atoms with Gasteiger partial charge in [0.2, 0.25) is 0 Å². The second-order valence-electron chi connectivity index (χ2n) is 11.7. The van der Waals surface area contributed by atoms with E-state index in [0.29, 0.717) is 47.3 Å². The Kier molecular flexibility index (Phi) is 9.29. The van der Waals surface area contributed by atoms with Crippen LogP contribution < -0.4 is 14.2 Å². The van der Waals surface area contributed by atoms with Crippen LogP contribution in [0.5, 0.6) is 17.2 Å². The SMILES string of the molecule is COc1ccc([C@@H]2CC(=O)C3=C(C2)N=C(C)C(C(=O)OCc2ccccc2)[C@@H]3c2cccc(OCc3ccccc3)c2)cc1OC. The van der Waals surface area contributed by atoms with Crippen molar-refractivity contribution in [2.45, 2.75) is 44.8 Å². The van der Waals surface area contributed by atoms with Crippen molar-refractivity contribution in [1.29, 1.82) is 0 Å². The van der Waals surface area contributed by atoms with Gasteiger partial charge in [0, 0.05) is 29.3 Å². The molecule has 0 saturated carbocycles. The Morgan fingerprint density at radius 1 is 0.761 bits per heavy atom. The minimum Gasteiger partial charge on any atom is -0.493 e. The number of methoxy groups -OCH3 is 2. The Morgan fingerprint density at radius 3 is 2.15 bits per heavy atom. The van der Waals surface area contributed by atoms with Gasteiger partial charge in [-0.1, -0.05) is 78.9 Å². The van der Waals surface area contributed by atoms with E-state index in [1.54, 1.807) is 14.2 Å². The van der Waals surface area contributed by atoms with Crippen LogP contribution in [-0.4, -0.2) is 31.7 Å². The molecule has 0 aromatic heterocycles. The van der Waals surface area contributed by atoms with Gasteiger partial charge in [-0.2, -0.15) is 0 Å². The lowest BCUT2D eigenvalue weighted by atomic mass is 9.69. The molecule has 3 atom stereocenters. The van der Waals surface area contributed by atoms with Gasteiger partial charge in [0.25, 0.3) is 0 Å². The molecule has 4 aromatic carbocycles. The molecule has 0 saturated heterocycles. The second-order valence-corrected chi connectivity index (χ2v) is 11.7. The summed E-state index contributed by atoms with van der Waals surface area (Å²) in [5.41, 5.74) is 5.63. The summed E-state index contributed by atoms with van der Waals surface area (Å²) in [7, 11) is 3.20. The maximum atomic E-state index is 14.2. The van der Waals surface area contributed by atoms with E-state index in [1.165, 1.54) is 0 Å². The maximum absolute atomic E-state index is 14.2. The topological polar surface area (TPSA) is 83.4 Å². The lowest BCUT2D eigenvalue weighted by Gasteiger charge is -2.36. The van der Waals surface area contributed by atoms with E-state index in [2.05, 4.69) is 0 Å². The van der Waals surface area contributed by atoms with Crippen molar-refractivity contribution in [2.24, 2.45) is 10.9 Å². The standard InChI is InChI=1S/C39H37NO6/c1-25-36(39(42)46-24-27-13-8-5-9-14-27)37(29-15-10-16-31(19-29)45-23-26-11-6-4-7-12-26)38-32(40-25)20-30(21-33(38)41)28-17-18-34(43-2)35(22-28)44-3/h4-19,22,30,36-37H,20-21,23-24H2,1-3H3/t30-,36?,37-/m0/s1. The van der Waals surface area contributed by atoms with Gasteiger partial charge in [0.1, 0.15) is 24.9 Å². The minimum absolute atomic E-state index is 0.0289. The molecule has 7 heteroatoms. The smallest absolute Gasteiger partial charge is 0.315 e. The maximum Gasteiger partial charge on any atom is 0.315 e. The largest absolute Gasteiger partial charge is 0.493 e. The number of nitrogens with zero attached hydrogens (tertiary/aromatic N) is 1. The van der Waals surface area contributed by atoms with Crippen LogP contribution in [0.1, 0.15) is 53.9 Å². The first kappa shape index (κ1) is 30.8. The van der Waals surface area contributed by atoms with Gasteiger partial charge in [-0.3, -0.25) is 14.6 Å². The molecule has 0 fully saturated rings. The number of rotatable bonds is 10. The molecule has 234 valence electrons. The van der Waals surface area contributed by atoms with Gasteiger partial charge in [-0.25, -0.2) is 0 Å². The normalized spacial score (nSPS) is 19.2. The Hall–Kier alpha value is -5.17. The molecule has 0 bridgehead atoms. The van der Waals surface area contributed by atoms with Crippen LogP contribution in [0.15, 0.2) is 119 Å². The van der Waals surface area contributed by atoms with Gasteiger partial charge in [0.15, 0.2) is 17.3 Å². The number of carbonyl (C=O) groups excluding carboxylic acids is 2. The molecular formula is C39H37NO6. The highest BCUT2D eigenvalue weighted by molar-refractivity contribution is 6.09. The van der Waals surface area contributed by atoms with Crippen molar-refractivity contribution < 1.29 is 28.5 Å². The van der Waals surface area contributed by atoms with Crippen molar-refractivity contribution >= 4 is 17.5 Å². The first-order valence-corrected chi connectivity index (χ1v) is 15.5. The molecular weight excluding hydrogens is 578 g/mol. The second kappa shape index (κ2) is 13.9. The van der Waals surface area contributed by atoms with Crippen LogP contribution in [0.4, 0.5) is 0 Å². The highest BCUT2D eigenvalue weighted by Crippen LogP contribution is 2.48. The van der Waals surface area contributed by atoms with Crippen molar-refractivity contribution in [1.82, 2.24) is 0 Å². The summed E-state index contributed by atoms with van der Waals surface area (Å²) >= 11 is 0. The molecule has 1 heterocycles. The Morgan fingerprint density at radius 2 is 1.46 bits per heavy atom. The van der Waals surface area contributed by atoms with E-state index in [9.17, 15) is 9.59 Å². The van der Waals surface area contributed by atoms with E-state index in [1.807, 2.05) is 110 Å². The number of benzene rings is 4. The molecule has 46 heavy (non-hydrogen) atoms. The minimum atomic E-state index is -0.756. The van der Waals surface area contributed by atoms with E-state index >= 15 is 0 Å². The van der Waals surface area contributed by atoms with Crippen LogP contribution in [-0.2, 0) is 27.5 Å². The predicted octanol–water partition coefficient (Wildman–Crippen LogP) is 7.60. The fourth-order valence-corrected chi connectivity index (χ4v) is 6.42. The predicted molar refractivity (Wildman–Crippen MR) is 176 cm³/mol. The van der Waals surface area contributed by atoms with E-state index in [-0.39, 0.29) is 24.7 Å². The lowest BCUT2D eigenvalue weighted by Crippen LogP contribution is -2.38. The van der Waals surface area contributed by atoms with E-state index in [0.717, 1.165) is 22.3 Å². The number of Topliss-reactive ketones (excluding diaryl/α,β-unsaturated/α-hetero) is 1. The molecule has 6 rings (SSSR count). The molecule has 0 N–H and O–H groups in total. The first-order chi connectivity index (χ1) is 22.4. The van der Waals surface area contributed by atoms with Crippen LogP contribution >= 0.6 is 0 Å². The summed E-state index contributed by atoms with van der Waals surface area (Å²) < 4.78 is 23.0. The van der Waals surface area contributed by atoms with Gasteiger partial charge < -0.3 is 18.9 Å². The number of ketones is 1. The monoisotopic (exact) mass is 615 g/mol. The number of ether oxygens (including phenoxy) is 4. The summed E-state index contributed by atoms with van der Waals surface area (Å²) in [5.74, 6) is 0.0548. The van der Waals surface area contributed by atoms with E-state index in [4.69, 9.17) is 23.9 Å². The number of hydrogen-bond acceptors (Lipinski definition) is 7. The fourth-order valence-electron chi connectivity index (χ4n) is 6.42.